The average Bonchev–Trinajstić information content (AvgIpc) is 2.40. The van der Waals surface area contributed by atoms with E-state index < -0.39 is 0 Å². The molecule has 0 aliphatic carbocycles. The fourth-order valence-electron chi connectivity index (χ4n) is 1.61. The van der Waals surface area contributed by atoms with Crippen LogP contribution in [0.15, 0.2) is 48.5 Å². The molecule has 3 heteroatoms. The van der Waals surface area contributed by atoms with Crippen molar-refractivity contribution in [2.24, 2.45) is 0 Å². The largest absolute Gasteiger partial charge is 0.508 e. The molecule has 0 aromatic heterocycles. The molecule has 18 heavy (non-hydrogen) atoms. The highest BCUT2D eigenvalue weighted by Crippen LogP contribution is 2.28. The minimum atomic E-state index is 0.260. The number of ether oxygens (including phenoxy) is 1. The molecule has 94 valence electrons. The molecule has 0 bridgehead atoms. The highest BCUT2D eigenvalue weighted by molar-refractivity contribution is 5.66. The Balaban J connectivity index is 2.15. The Bertz CT molecular complexity index is 494. The maximum Gasteiger partial charge on any atom is 0.142 e. The SMILES string of the molecule is CCCOc1ccccc1Nc1ccc(O)cc1. The minimum absolute atomic E-state index is 0.260. The first-order valence-electron chi connectivity index (χ1n) is 6.07. The Hall–Kier alpha value is -2.16. The summed E-state index contributed by atoms with van der Waals surface area (Å²) in [4.78, 5) is 0. The number of hydrogen-bond acceptors (Lipinski definition) is 3. The van der Waals surface area contributed by atoms with Crippen LogP contribution >= 0.6 is 0 Å². The van der Waals surface area contributed by atoms with Crippen LogP contribution < -0.4 is 10.1 Å². The molecule has 2 N–H and O–H groups in total. The third kappa shape index (κ3) is 3.17. The molecule has 0 heterocycles. The summed E-state index contributed by atoms with van der Waals surface area (Å²) in [5.41, 5.74) is 1.84. The van der Waals surface area contributed by atoms with Crippen LogP contribution in [0.2, 0.25) is 0 Å². The molecule has 0 amide bonds. The van der Waals surface area contributed by atoms with Crippen molar-refractivity contribution in [3.05, 3.63) is 48.5 Å². The number of hydrogen-bond donors (Lipinski definition) is 2. The van der Waals surface area contributed by atoms with Gasteiger partial charge < -0.3 is 15.2 Å². The summed E-state index contributed by atoms with van der Waals surface area (Å²) in [5, 5.41) is 12.5. The highest BCUT2D eigenvalue weighted by Gasteiger charge is 2.02. The van der Waals surface area contributed by atoms with Crippen LogP contribution in [-0.4, -0.2) is 11.7 Å². The number of benzene rings is 2. The number of aromatic hydroxyl groups is 1. The maximum absolute atomic E-state index is 9.24. The third-order valence-corrected chi connectivity index (χ3v) is 2.50. The molecule has 0 radical (unpaired) electrons. The molecule has 0 atom stereocenters. The number of phenolic OH excluding ortho intramolecular Hbond substituents is 1. The summed E-state index contributed by atoms with van der Waals surface area (Å²) >= 11 is 0. The predicted molar refractivity (Wildman–Crippen MR) is 73.6 cm³/mol. The second kappa shape index (κ2) is 5.96. The smallest absolute Gasteiger partial charge is 0.142 e. The van der Waals surface area contributed by atoms with Crippen LogP contribution in [0.4, 0.5) is 11.4 Å². The van der Waals surface area contributed by atoms with E-state index in [4.69, 9.17) is 4.74 Å². The lowest BCUT2D eigenvalue weighted by atomic mass is 10.2. The lowest BCUT2D eigenvalue weighted by Crippen LogP contribution is -1.99. The molecule has 0 aliphatic heterocycles. The van der Waals surface area contributed by atoms with Crippen molar-refractivity contribution >= 4 is 11.4 Å². The molecule has 0 unspecified atom stereocenters. The van der Waals surface area contributed by atoms with Crippen molar-refractivity contribution in [2.45, 2.75) is 13.3 Å². The van der Waals surface area contributed by atoms with E-state index in [0.717, 1.165) is 23.5 Å². The van der Waals surface area contributed by atoms with E-state index in [0.29, 0.717) is 6.61 Å². The zero-order chi connectivity index (χ0) is 12.8. The Kier molecular flexibility index (Phi) is 4.07. The first kappa shape index (κ1) is 12.3. The molecule has 0 fully saturated rings. The Morgan fingerprint density at radius 1 is 1.06 bits per heavy atom. The van der Waals surface area contributed by atoms with Crippen molar-refractivity contribution in [3.8, 4) is 11.5 Å². The minimum Gasteiger partial charge on any atom is -0.508 e. The lowest BCUT2D eigenvalue weighted by Gasteiger charge is -2.12. The summed E-state index contributed by atoms with van der Waals surface area (Å²) in [6, 6.07) is 14.8. The van der Waals surface area contributed by atoms with Gasteiger partial charge in [-0.25, -0.2) is 0 Å². The van der Waals surface area contributed by atoms with E-state index in [-0.39, 0.29) is 5.75 Å². The summed E-state index contributed by atoms with van der Waals surface area (Å²) in [7, 11) is 0. The van der Waals surface area contributed by atoms with Gasteiger partial charge in [-0.05, 0) is 42.8 Å². The molecule has 2 aromatic rings. The van der Waals surface area contributed by atoms with Gasteiger partial charge in [0, 0.05) is 5.69 Å². The molecule has 3 nitrogen and oxygen atoms in total. The van der Waals surface area contributed by atoms with Gasteiger partial charge in [0.2, 0.25) is 0 Å². The van der Waals surface area contributed by atoms with Crippen LogP contribution in [0.3, 0.4) is 0 Å². The zero-order valence-electron chi connectivity index (χ0n) is 10.4. The molecule has 0 saturated carbocycles. The Morgan fingerprint density at radius 2 is 1.78 bits per heavy atom. The molecule has 2 aromatic carbocycles. The van der Waals surface area contributed by atoms with E-state index in [1.165, 1.54) is 0 Å². The van der Waals surface area contributed by atoms with Gasteiger partial charge in [0.1, 0.15) is 11.5 Å². The summed E-state index contributed by atoms with van der Waals surface area (Å²) in [5.74, 6) is 1.10. The average molecular weight is 243 g/mol. The van der Waals surface area contributed by atoms with Crippen molar-refractivity contribution in [1.82, 2.24) is 0 Å². The van der Waals surface area contributed by atoms with Crippen molar-refractivity contribution in [1.29, 1.82) is 0 Å². The fraction of sp³-hybridized carbons (Fsp3) is 0.200. The van der Waals surface area contributed by atoms with Gasteiger partial charge in [-0.2, -0.15) is 0 Å². The van der Waals surface area contributed by atoms with Gasteiger partial charge in [-0.1, -0.05) is 19.1 Å². The molecular formula is C15H17NO2. The van der Waals surface area contributed by atoms with Gasteiger partial charge in [-0.3, -0.25) is 0 Å². The van der Waals surface area contributed by atoms with Crippen LogP contribution in [0, 0.1) is 0 Å². The summed E-state index contributed by atoms with van der Waals surface area (Å²) in [6.45, 7) is 2.78. The number of anilines is 2. The van der Waals surface area contributed by atoms with Crippen molar-refractivity contribution < 1.29 is 9.84 Å². The quantitative estimate of drug-likeness (QED) is 0.782. The first-order chi connectivity index (χ1) is 8.79. The van der Waals surface area contributed by atoms with E-state index in [9.17, 15) is 5.11 Å². The van der Waals surface area contributed by atoms with Crippen molar-refractivity contribution in [3.63, 3.8) is 0 Å². The normalized spacial score (nSPS) is 10.1. The topological polar surface area (TPSA) is 41.5 Å². The van der Waals surface area contributed by atoms with Gasteiger partial charge in [0.25, 0.3) is 0 Å². The second-order valence-electron chi connectivity index (χ2n) is 4.02. The highest BCUT2D eigenvalue weighted by atomic mass is 16.5. The molecule has 0 aliphatic rings. The van der Waals surface area contributed by atoms with E-state index >= 15 is 0 Å². The molecular weight excluding hydrogens is 226 g/mol. The van der Waals surface area contributed by atoms with Gasteiger partial charge >= 0.3 is 0 Å². The van der Waals surface area contributed by atoms with Crippen LogP contribution in [0.1, 0.15) is 13.3 Å². The number of nitrogens with one attached hydrogen (secondary N) is 1. The predicted octanol–water partition coefficient (Wildman–Crippen LogP) is 3.92. The van der Waals surface area contributed by atoms with Crippen LogP contribution in [0.5, 0.6) is 11.5 Å². The van der Waals surface area contributed by atoms with E-state index in [2.05, 4.69) is 12.2 Å². The zero-order valence-corrected chi connectivity index (χ0v) is 10.4. The Morgan fingerprint density at radius 3 is 2.50 bits per heavy atom. The van der Waals surface area contributed by atoms with E-state index in [1.807, 2.05) is 36.4 Å². The van der Waals surface area contributed by atoms with Gasteiger partial charge in [0.05, 0.1) is 12.3 Å². The number of phenols is 1. The molecule has 0 spiro atoms. The summed E-state index contributed by atoms with van der Waals surface area (Å²) in [6.07, 6.45) is 0.980. The van der Waals surface area contributed by atoms with Gasteiger partial charge in [0.15, 0.2) is 0 Å². The fourth-order valence-corrected chi connectivity index (χ4v) is 1.61. The van der Waals surface area contributed by atoms with Gasteiger partial charge in [-0.15, -0.1) is 0 Å². The van der Waals surface area contributed by atoms with Crippen LogP contribution in [-0.2, 0) is 0 Å². The number of para-hydroxylation sites is 2. The monoisotopic (exact) mass is 243 g/mol. The molecule has 0 saturated heterocycles. The molecule has 2 rings (SSSR count). The van der Waals surface area contributed by atoms with Crippen LogP contribution in [0.25, 0.3) is 0 Å². The summed E-state index contributed by atoms with van der Waals surface area (Å²) < 4.78 is 5.67. The first-order valence-corrected chi connectivity index (χ1v) is 6.07. The lowest BCUT2D eigenvalue weighted by molar-refractivity contribution is 0.319. The standard InChI is InChI=1S/C15H17NO2/c1-2-11-18-15-6-4-3-5-14(15)16-12-7-9-13(17)10-8-12/h3-10,16-17H,2,11H2,1H3. The Labute approximate surface area is 107 Å². The third-order valence-electron chi connectivity index (χ3n) is 2.50. The van der Waals surface area contributed by atoms with E-state index in [1.54, 1.807) is 12.1 Å². The number of rotatable bonds is 5. The van der Waals surface area contributed by atoms with Crippen molar-refractivity contribution in [2.75, 3.05) is 11.9 Å². The second-order valence-corrected chi connectivity index (χ2v) is 4.02. The maximum atomic E-state index is 9.24.